The molecular formula is C27H23F9N2OS2. The van der Waals surface area contributed by atoms with Crippen LogP contribution in [0.4, 0.5) is 50.9 Å². The highest BCUT2D eigenvalue weighted by Crippen LogP contribution is 2.41. The summed E-state index contributed by atoms with van der Waals surface area (Å²) in [5, 5.41) is 3.97. The van der Waals surface area contributed by atoms with Gasteiger partial charge < -0.3 is 15.4 Å². The summed E-state index contributed by atoms with van der Waals surface area (Å²) in [5.41, 5.74) is -4.61. The summed E-state index contributed by atoms with van der Waals surface area (Å²) in [4.78, 5) is 0.374. The molecule has 0 bridgehead atoms. The zero-order chi connectivity index (χ0) is 31.0. The average molecular weight is 627 g/mol. The van der Waals surface area contributed by atoms with Gasteiger partial charge in [-0.25, -0.2) is 0 Å². The van der Waals surface area contributed by atoms with E-state index in [4.69, 9.17) is 17.0 Å². The Bertz CT molecular complexity index is 1400. The Hall–Kier alpha value is -3.13. The molecule has 14 heteroatoms. The zero-order valence-corrected chi connectivity index (χ0v) is 23.3. The van der Waals surface area contributed by atoms with Gasteiger partial charge in [0.1, 0.15) is 5.75 Å². The Morgan fingerprint density at radius 3 is 1.71 bits per heavy atom. The summed E-state index contributed by atoms with van der Waals surface area (Å²) in [6, 6.07) is 8.19. The van der Waals surface area contributed by atoms with Crippen LogP contribution in [0.25, 0.3) is 0 Å². The Balaban J connectivity index is 1.96. The molecule has 0 aliphatic carbocycles. The SMILES string of the molecule is CCC(C)(C)c1ccc(Oc2ccc(C(F)(F)F)cc2NC(=S)Nc2cc(C(F)(F)F)cc(C(F)(F)F)c2)c(S)c1. The van der Waals surface area contributed by atoms with Crippen molar-refractivity contribution in [3.63, 3.8) is 0 Å². The van der Waals surface area contributed by atoms with Crippen molar-refractivity contribution in [2.45, 2.75) is 56.0 Å². The summed E-state index contributed by atoms with van der Waals surface area (Å²) < 4.78 is 125. The largest absolute Gasteiger partial charge is 0.454 e. The Labute approximate surface area is 240 Å². The second-order valence-electron chi connectivity index (χ2n) is 9.60. The highest BCUT2D eigenvalue weighted by atomic mass is 32.1. The van der Waals surface area contributed by atoms with E-state index in [9.17, 15) is 39.5 Å². The first-order valence-corrected chi connectivity index (χ1v) is 12.7. The van der Waals surface area contributed by atoms with Gasteiger partial charge in [0.2, 0.25) is 0 Å². The second-order valence-corrected chi connectivity index (χ2v) is 10.5. The van der Waals surface area contributed by atoms with E-state index in [1.54, 1.807) is 18.2 Å². The van der Waals surface area contributed by atoms with Gasteiger partial charge in [0, 0.05) is 10.6 Å². The van der Waals surface area contributed by atoms with Gasteiger partial charge in [0.15, 0.2) is 10.9 Å². The van der Waals surface area contributed by atoms with Crippen molar-refractivity contribution in [1.29, 1.82) is 0 Å². The first-order valence-electron chi connectivity index (χ1n) is 11.8. The van der Waals surface area contributed by atoms with Gasteiger partial charge in [-0.2, -0.15) is 39.5 Å². The quantitative estimate of drug-likeness (QED) is 0.145. The minimum absolute atomic E-state index is 0.0671. The fourth-order valence-electron chi connectivity index (χ4n) is 3.55. The molecule has 41 heavy (non-hydrogen) atoms. The van der Waals surface area contributed by atoms with Crippen LogP contribution in [0, 0.1) is 0 Å². The molecule has 0 fully saturated rings. The molecule has 0 aliphatic rings. The normalized spacial score (nSPS) is 12.7. The van der Waals surface area contributed by atoms with E-state index < -0.39 is 46.0 Å². The van der Waals surface area contributed by atoms with Gasteiger partial charge in [-0.3, -0.25) is 0 Å². The molecule has 0 saturated carbocycles. The molecule has 3 aromatic rings. The predicted octanol–water partition coefficient (Wildman–Crippen LogP) is 10.3. The fourth-order valence-corrected chi connectivity index (χ4v) is 4.04. The van der Waals surface area contributed by atoms with Crippen LogP contribution in [-0.2, 0) is 23.9 Å². The van der Waals surface area contributed by atoms with Gasteiger partial charge in [-0.1, -0.05) is 26.8 Å². The van der Waals surface area contributed by atoms with Crippen LogP contribution < -0.4 is 15.4 Å². The van der Waals surface area contributed by atoms with Gasteiger partial charge in [0.05, 0.1) is 22.4 Å². The first kappa shape index (κ1) is 32.4. The Morgan fingerprint density at radius 2 is 1.22 bits per heavy atom. The molecular weight excluding hydrogens is 603 g/mol. The lowest BCUT2D eigenvalue weighted by molar-refractivity contribution is -0.143. The number of hydrogen-bond acceptors (Lipinski definition) is 3. The van der Waals surface area contributed by atoms with Crippen LogP contribution in [-0.4, -0.2) is 5.11 Å². The van der Waals surface area contributed by atoms with Gasteiger partial charge in [-0.15, -0.1) is 12.6 Å². The molecule has 3 rings (SSSR count). The van der Waals surface area contributed by atoms with Crippen LogP contribution in [0.2, 0.25) is 0 Å². The number of hydrogen-bond donors (Lipinski definition) is 3. The number of ether oxygens (including phenoxy) is 1. The molecule has 0 unspecified atom stereocenters. The molecule has 0 radical (unpaired) electrons. The van der Waals surface area contributed by atoms with Crippen molar-refractivity contribution in [3.8, 4) is 11.5 Å². The molecule has 3 aromatic carbocycles. The second kappa shape index (κ2) is 11.6. The first-order chi connectivity index (χ1) is 18.7. The number of benzene rings is 3. The van der Waals surface area contributed by atoms with Crippen LogP contribution >= 0.6 is 24.8 Å². The van der Waals surface area contributed by atoms with Crippen molar-refractivity contribution in [3.05, 3.63) is 76.9 Å². The van der Waals surface area contributed by atoms with Gasteiger partial charge in [-0.05, 0) is 78.1 Å². The summed E-state index contributed by atoms with van der Waals surface area (Å²) >= 11 is 9.44. The summed E-state index contributed by atoms with van der Waals surface area (Å²) in [7, 11) is 0. The van der Waals surface area contributed by atoms with Crippen LogP contribution in [0.3, 0.4) is 0 Å². The zero-order valence-electron chi connectivity index (χ0n) is 21.6. The highest BCUT2D eigenvalue weighted by molar-refractivity contribution is 7.80. The molecule has 222 valence electrons. The van der Waals surface area contributed by atoms with Gasteiger partial charge in [0.25, 0.3) is 0 Å². The molecule has 0 heterocycles. The standard InChI is InChI=1S/C27H23F9N2OS2/c1-4-24(2,3)14-5-8-21(22(40)13-14)39-20-7-6-15(25(28,29)30)12-19(20)38-23(41)37-18-10-16(26(31,32)33)9-17(11-18)27(34,35)36/h5-13,40H,4H2,1-3H3,(H2,37,38,41). The van der Waals surface area contributed by atoms with Crippen LogP contribution in [0.1, 0.15) is 49.4 Å². The molecule has 0 aliphatic heterocycles. The van der Waals surface area contributed by atoms with Crippen molar-refractivity contribution in [1.82, 2.24) is 0 Å². The Morgan fingerprint density at radius 1 is 0.707 bits per heavy atom. The number of anilines is 2. The van der Waals surface area contributed by atoms with E-state index in [0.717, 1.165) is 24.1 Å². The number of halogens is 9. The van der Waals surface area contributed by atoms with Crippen LogP contribution in [0.5, 0.6) is 11.5 Å². The molecule has 0 atom stereocenters. The maximum atomic E-state index is 13.4. The molecule has 0 aromatic heterocycles. The fraction of sp³-hybridized carbons (Fsp3) is 0.296. The number of alkyl halides is 9. The molecule has 0 amide bonds. The minimum atomic E-state index is -5.11. The molecule has 0 spiro atoms. The third-order valence-electron chi connectivity index (χ3n) is 6.24. The lowest BCUT2D eigenvalue weighted by Crippen LogP contribution is -2.21. The van der Waals surface area contributed by atoms with E-state index in [-0.39, 0.29) is 28.7 Å². The van der Waals surface area contributed by atoms with E-state index in [2.05, 4.69) is 23.3 Å². The minimum Gasteiger partial charge on any atom is -0.454 e. The summed E-state index contributed by atoms with van der Waals surface area (Å²) in [6.45, 7) is 6.04. The van der Waals surface area contributed by atoms with Crippen molar-refractivity contribution in [2.24, 2.45) is 0 Å². The molecule has 2 N–H and O–H groups in total. The third kappa shape index (κ3) is 8.22. The summed E-state index contributed by atoms with van der Waals surface area (Å²) in [5.74, 6) is 0.0124. The number of nitrogens with one attached hydrogen (secondary N) is 2. The lowest BCUT2D eigenvalue weighted by Gasteiger charge is -2.24. The van der Waals surface area contributed by atoms with Crippen molar-refractivity contribution >= 4 is 41.3 Å². The van der Waals surface area contributed by atoms with Gasteiger partial charge >= 0.3 is 18.5 Å². The highest BCUT2D eigenvalue weighted by Gasteiger charge is 2.37. The molecule has 3 nitrogen and oxygen atoms in total. The molecule has 0 saturated heterocycles. The number of thiol groups is 1. The van der Waals surface area contributed by atoms with E-state index >= 15 is 0 Å². The number of thiocarbonyl (C=S) groups is 1. The topological polar surface area (TPSA) is 33.3 Å². The van der Waals surface area contributed by atoms with E-state index in [0.29, 0.717) is 23.1 Å². The lowest BCUT2D eigenvalue weighted by atomic mass is 9.82. The number of rotatable bonds is 6. The van der Waals surface area contributed by atoms with E-state index in [1.165, 1.54) is 0 Å². The smallest absolute Gasteiger partial charge is 0.416 e. The van der Waals surface area contributed by atoms with Crippen LogP contribution in [0.15, 0.2) is 59.5 Å². The third-order valence-corrected chi connectivity index (χ3v) is 6.80. The monoisotopic (exact) mass is 626 g/mol. The van der Waals surface area contributed by atoms with Crippen molar-refractivity contribution < 1.29 is 44.3 Å². The average Bonchev–Trinajstić information content (AvgIpc) is 2.84. The van der Waals surface area contributed by atoms with Crippen molar-refractivity contribution in [2.75, 3.05) is 10.6 Å². The van der Waals surface area contributed by atoms with E-state index in [1.807, 2.05) is 20.8 Å². The Kier molecular flexibility index (Phi) is 9.19. The maximum absolute atomic E-state index is 13.4. The maximum Gasteiger partial charge on any atom is 0.416 e. The predicted molar refractivity (Wildman–Crippen MR) is 145 cm³/mol. The summed E-state index contributed by atoms with van der Waals surface area (Å²) in [6.07, 6.45) is -14.2.